The lowest BCUT2D eigenvalue weighted by Gasteiger charge is -2.32. The van der Waals surface area contributed by atoms with Crippen molar-refractivity contribution < 1.29 is 34.0 Å². The summed E-state index contributed by atoms with van der Waals surface area (Å²) in [4.78, 5) is 19.6. The number of nitrogens with zero attached hydrogens (tertiary/aromatic N) is 1. The Bertz CT molecular complexity index is 1250. The predicted molar refractivity (Wildman–Crippen MR) is 179 cm³/mol. The molecule has 1 aliphatic heterocycles. The summed E-state index contributed by atoms with van der Waals surface area (Å²) in [5.74, 6) is 0. The molecule has 0 bridgehead atoms. The maximum atomic E-state index is 12.0. The maximum Gasteiger partial charge on any atom is 0.432 e. The molecular weight excluding hydrogens is 591 g/mol. The van der Waals surface area contributed by atoms with Crippen LogP contribution in [0.3, 0.4) is 0 Å². The Kier molecular flexibility index (Phi) is 15.7. The fourth-order valence-electron chi connectivity index (χ4n) is 4.92. The van der Waals surface area contributed by atoms with Crippen LogP contribution in [0.25, 0.3) is 0 Å². The number of unbranched alkanes of at least 4 members (excludes halogenated alkanes) is 5. The summed E-state index contributed by atoms with van der Waals surface area (Å²) >= 11 is 0. The number of nitrogens with two attached hydrogens (primary N) is 1. The summed E-state index contributed by atoms with van der Waals surface area (Å²) < 4.78 is 24.0. The van der Waals surface area contributed by atoms with Crippen LogP contribution in [0.2, 0.25) is 0 Å². The summed E-state index contributed by atoms with van der Waals surface area (Å²) in [5.41, 5.74) is 8.95. The van der Waals surface area contributed by atoms with Crippen LogP contribution in [0, 0.1) is 0 Å². The molecule has 3 aromatic carbocycles. The minimum Gasteiger partial charge on any atom is -0.394 e. The number of ether oxygens (including phenoxy) is 2. The molecule has 1 saturated heterocycles. The summed E-state index contributed by atoms with van der Waals surface area (Å²) in [6.07, 6.45) is 9.31. The van der Waals surface area contributed by atoms with Gasteiger partial charge in [-0.2, -0.15) is 0 Å². The van der Waals surface area contributed by atoms with Crippen LogP contribution in [0.15, 0.2) is 84.9 Å². The van der Waals surface area contributed by atoms with Crippen LogP contribution >= 0.6 is 7.75 Å². The number of aryl methyl sites for hydroxylation is 2. The first kappa shape index (κ1) is 36.9. The van der Waals surface area contributed by atoms with Crippen LogP contribution in [0.4, 0.5) is 5.69 Å². The average Bonchev–Trinajstić information content (AvgIpc) is 3.90. The molecule has 1 fully saturated rings. The Hall–Kier alpha value is -2.59. The van der Waals surface area contributed by atoms with E-state index < -0.39 is 19.5 Å². The van der Waals surface area contributed by atoms with E-state index in [0.29, 0.717) is 18.7 Å². The normalized spacial score (nSPS) is 15.2. The van der Waals surface area contributed by atoms with Crippen LogP contribution in [-0.2, 0) is 33.5 Å². The van der Waals surface area contributed by atoms with Crippen molar-refractivity contribution in [2.45, 2.75) is 89.2 Å². The van der Waals surface area contributed by atoms with E-state index in [2.05, 4.69) is 31.2 Å². The van der Waals surface area contributed by atoms with E-state index in [1.165, 1.54) is 49.7 Å². The van der Waals surface area contributed by atoms with Crippen LogP contribution in [0.1, 0.15) is 68.6 Å². The van der Waals surface area contributed by atoms with E-state index >= 15 is 0 Å². The summed E-state index contributed by atoms with van der Waals surface area (Å²) in [6, 6.07) is 26.6. The molecule has 0 aliphatic carbocycles. The van der Waals surface area contributed by atoms with E-state index in [1.54, 1.807) is 30.3 Å². The fraction of sp³-hybridized carbons (Fsp3) is 0.486. The topological polar surface area (TPSA) is 149 Å². The zero-order valence-electron chi connectivity index (χ0n) is 26.4. The van der Waals surface area contributed by atoms with Gasteiger partial charge in [0.1, 0.15) is 6.10 Å². The molecular formula is C35H51N2O7P. The SMILES string of the molecule is CCCCCCCCc1ccc(CCC(N)(CO)CO)cc1.O=P(O)(O)N(c1ccccc1)C(OCc1ccccc1)C1CO1. The van der Waals surface area contributed by atoms with Gasteiger partial charge in [0, 0.05) is 5.69 Å². The number of aliphatic hydroxyl groups is 2. The molecule has 1 aliphatic rings. The van der Waals surface area contributed by atoms with Crippen molar-refractivity contribution in [1.82, 2.24) is 0 Å². The second kappa shape index (κ2) is 19.2. The Labute approximate surface area is 268 Å². The standard InChI is InChI=1S/C19H33NO2.C16H18NO5P/c1-2-3-4-5-6-7-8-17-9-11-18(12-10-17)13-14-19(20,15-21)16-22;18-23(19,20)17(14-9-5-2-6-10-14)16(15-12-21-15)22-11-13-7-3-1-4-8-13/h9-12,21-22H,2-8,13-16,20H2,1H3;1-10,15-16H,11-12H2,(H2,18,19,20). The molecule has 248 valence electrons. The molecule has 3 aromatic rings. The number of aliphatic hydroxyl groups excluding tert-OH is 2. The molecule has 0 radical (unpaired) electrons. The summed E-state index contributed by atoms with van der Waals surface area (Å²) in [5, 5.41) is 18.4. The molecule has 1 heterocycles. The van der Waals surface area contributed by atoms with Crippen LogP contribution in [-0.4, -0.2) is 57.7 Å². The van der Waals surface area contributed by atoms with E-state index in [4.69, 9.17) is 15.2 Å². The largest absolute Gasteiger partial charge is 0.432 e. The Morgan fingerprint density at radius 1 is 0.844 bits per heavy atom. The number of epoxide rings is 1. The number of rotatable bonds is 19. The second-order valence-electron chi connectivity index (χ2n) is 11.8. The van der Waals surface area contributed by atoms with Crippen molar-refractivity contribution >= 4 is 13.4 Å². The zero-order chi connectivity index (χ0) is 32.5. The van der Waals surface area contributed by atoms with E-state index in [0.717, 1.165) is 23.1 Å². The fourth-order valence-corrected chi connectivity index (χ4v) is 5.87. The molecule has 2 unspecified atom stereocenters. The molecule has 0 saturated carbocycles. The molecule has 45 heavy (non-hydrogen) atoms. The smallest absolute Gasteiger partial charge is 0.394 e. The van der Waals surface area contributed by atoms with E-state index in [9.17, 15) is 24.6 Å². The highest BCUT2D eigenvalue weighted by molar-refractivity contribution is 7.53. The highest BCUT2D eigenvalue weighted by Crippen LogP contribution is 2.47. The van der Waals surface area contributed by atoms with Crippen molar-refractivity contribution in [3.63, 3.8) is 0 Å². The van der Waals surface area contributed by atoms with Gasteiger partial charge in [-0.3, -0.25) is 4.67 Å². The van der Waals surface area contributed by atoms with Gasteiger partial charge in [0.2, 0.25) is 0 Å². The first-order valence-corrected chi connectivity index (χ1v) is 17.5. The Morgan fingerprint density at radius 2 is 1.38 bits per heavy atom. The number of hydrogen-bond donors (Lipinski definition) is 5. The van der Waals surface area contributed by atoms with Gasteiger partial charge in [-0.1, -0.05) is 112 Å². The van der Waals surface area contributed by atoms with Gasteiger partial charge in [-0.05, 0) is 54.5 Å². The molecule has 6 N–H and O–H groups in total. The third kappa shape index (κ3) is 13.3. The molecule has 9 nitrogen and oxygen atoms in total. The lowest BCUT2D eigenvalue weighted by molar-refractivity contribution is 0.0262. The lowest BCUT2D eigenvalue weighted by atomic mass is 9.93. The molecule has 0 aromatic heterocycles. The first-order valence-electron chi connectivity index (χ1n) is 15.9. The van der Waals surface area contributed by atoms with Gasteiger partial charge < -0.3 is 35.2 Å². The van der Waals surface area contributed by atoms with Crippen molar-refractivity contribution in [2.75, 3.05) is 24.5 Å². The van der Waals surface area contributed by atoms with Gasteiger partial charge >= 0.3 is 7.75 Å². The predicted octanol–water partition coefficient (Wildman–Crippen LogP) is 5.73. The zero-order valence-corrected chi connectivity index (χ0v) is 27.3. The quantitative estimate of drug-likeness (QED) is 0.0478. The van der Waals surface area contributed by atoms with Crippen molar-refractivity contribution in [1.29, 1.82) is 0 Å². The molecule has 10 heteroatoms. The molecule has 0 spiro atoms. The molecule has 0 amide bonds. The Balaban J connectivity index is 0.000000246. The Morgan fingerprint density at radius 3 is 1.91 bits per heavy atom. The highest BCUT2D eigenvalue weighted by atomic mass is 31.2. The van der Waals surface area contributed by atoms with Gasteiger partial charge in [0.05, 0.1) is 32.0 Å². The van der Waals surface area contributed by atoms with Gasteiger partial charge in [0.25, 0.3) is 0 Å². The van der Waals surface area contributed by atoms with Crippen molar-refractivity contribution in [3.8, 4) is 0 Å². The molecule has 2 atom stereocenters. The summed E-state index contributed by atoms with van der Waals surface area (Å²) in [6.45, 7) is 2.55. The van der Waals surface area contributed by atoms with Crippen molar-refractivity contribution in [2.24, 2.45) is 5.73 Å². The third-order valence-electron chi connectivity index (χ3n) is 7.87. The minimum absolute atomic E-state index is 0.181. The van der Waals surface area contributed by atoms with Crippen molar-refractivity contribution in [3.05, 3.63) is 102 Å². The number of hydrogen-bond acceptors (Lipinski definition) is 6. The number of anilines is 1. The highest BCUT2D eigenvalue weighted by Gasteiger charge is 2.44. The average molecular weight is 643 g/mol. The second-order valence-corrected chi connectivity index (χ2v) is 13.2. The van der Waals surface area contributed by atoms with Gasteiger partial charge in [0.15, 0.2) is 6.23 Å². The number of para-hydroxylation sites is 1. The monoisotopic (exact) mass is 642 g/mol. The van der Waals surface area contributed by atoms with Gasteiger partial charge in [-0.25, -0.2) is 4.57 Å². The van der Waals surface area contributed by atoms with Crippen LogP contribution in [0.5, 0.6) is 0 Å². The number of benzene rings is 3. The third-order valence-corrected chi connectivity index (χ3v) is 8.89. The van der Waals surface area contributed by atoms with Gasteiger partial charge in [-0.15, -0.1) is 0 Å². The lowest BCUT2D eigenvalue weighted by Crippen LogP contribution is -2.47. The van der Waals surface area contributed by atoms with E-state index in [1.807, 2.05) is 30.3 Å². The maximum absolute atomic E-state index is 12.0. The molecule has 4 rings (SSSR count). The first-order chi connectivity index (χ1) is 21.7. The minimum atomic E-state index is -4.56. The van der Waals surface area contributed by atoms with E-state index in [-0.39, 0.29) is 25.9 Å². The summed E-state index contributed by atoms with van der Waals surface area (Å²) in [7, 11) is -4.56. The van der Waals surface area contributed by atoms with Crippen LogP contribution < -0.4 is 10.4 Å².